The summed E-state index contributed by atoms with van der Waals surface area (Å²) in [5.74, 6) is 0. The Kier molecular flexibility index (Phi) is 15.1. The first kappa shape index (κ1) is 10.7. The van der Waals surface area contributed by atoms with Gasteiger partial charge in [0.2, 0.25) is 8.14 Å². The summed E-state index contributed by atoms with van der Waals surface area (Å²) >= 11 is 9.81. The Morgan fingerprint density at radius 1 is 1.14 bits per heavy atom. The first-order chi connectivity index (χ1) is 3.15. The van der Waals surface area contributed by atoms with Crippen molar-refractivity contribution < 1.29 is 0 Å². The second-order valence-electron chi connectivity index (χ2n) is 1.44. The van der Waals surface area contributed by atoms with Crippen LogP contribution in [0.3, 0.4) is 0 Å². The van der Waals surface area contributed by atoms with Crippen molar-refractivity contribution >= 4 is 30.3 Å². The number of hydrogen-bond donors (Lipinski definition) is 0. The van der Waals surface area contributed by atoms with E-state index in [2.05, 4.69) is 0 Å². The number of nitrogens with zero attached hydrogens (tertiary/aromatic N) is 1. The lowest BCUT2D eigenvalue weighted by Gasteiger charge is -1.90. The van der Waals surface area contributed by atoms with Crippen molar-refractivity contribution in [1.29, 1.82) is 0 Å². The molecule has 0 aliphatic carbocycles. The zero-order valence-corrected chi connectivity index (χ0v) is 7.84. The molecule has 0 aliphatic rings. The van der Waals surface area contributed by atoms with E-state index in [-0.39, 0.29) is 0 Å². The molecule has 46 valence electrons. The molecule has 0 atom stereocenters. The average molecular weight is 160 g/mol. The zero-order valence-electron chi connectivity index (χ0n) is 4.91. The van der Waals surface area contributed by atoms with Gasteiger partial charge in [0.05, 0.1) is 0 Å². The van der Waals surface area contributed by atoms with Crippen LogP contribution in [0.2, 0.25) is 0 Å². The third kappa shape index (κ3) is 267. The van der Waals surface area contributed by atoms with Crippen molar-refractivity contribution in [3.63, 3.8) is 0 Å². The predicted octanol–water partition coefficient (Wildman–Crippen LogP) is 0.641. The van der Waals surface area contributed by atoms with Crippen LogP contribution in [0, 0.1) is 0 Å². The van der Waals surface area contributed by atoms with Gasteiger partial charge < -0.3 is 4.90 Å². The Balaban J connectivity index is 0. The monoisotopic (exact) mass is 159 g/mol. The van der Waals surface area contributed by atoms with Crippen molar-refractivity contribution in [2.45, 2.75) is 0 Å². The lowest BCUT2D eigenvalue weighted by molar-refractivity contribution is 0.505. The van der Waals surface area contributed by atoms with E-state index >= 15 is 0 Å². The van der Waals surface area contributed by atoms with Gasteiger partial charge in [0.25, 0.3) is 0 Å². The minimum Gasteiger partial charge on any atom is -0.312 e. The molecule has 0 fully saturated rings. The van der Waals surface area contributed by atoms with Gasteiger partial charge in [-0.15, -0.1) is 0 Å². The van der Waals surface area contributed by atoms with Crippen molar-refractivity contribution in [3.05, 3.63) is 0 Å². The Morgan fingerprint density at radius 3 is 1.14 bits per heavy atom. The van der Waals surface area contributed by atoms with Gasteiger partial charge >= 0.3 is 0 Å². The smallest absolute Gasteiger partial charge is 0.222 e. The number of rotatable bonds is 0. The van der Waals surface area contributed by atoms with Crippen LogP contribution in [0.25, 0.3) is 0 Å². The molecule has 0 aromatic heterocycles. The first-order valence-electron chi connectivity index (χ1n) is 1.88. The third-order valence-corrected chi connectivity index (χ3v) is 0. The van der Waals surface area contributed by atoms with Gasteiger partial charge in [0.15, 0.2) is 0 Å². The van der Waals surface area contributed by atoms with Gasteiger partial charge in [-0.25, -0.2) is 0 Å². The summed E-state index contributed by atoms with van der Waals surface area (Å²) in [5.41, 5.74) is 0. The van der Waals surface area contributed by atoms with E-state index in [1.54, 1.807) is 0 Å². The molecule has 4 heteroatoms. The van der Waals surface area contributed by atoms with Gasteiger partial charge in [-0.2, -0.15) is 22.2 Å². The summed E-state index contributed by atoms with van der Waals surface area (Å²) in [4.78, 5) is 2.00. The first-order valence-corrected chi connectivity index (χ1v) is 6.15. The van der Waals surface area contributed by atoms with Crippen LogP contribution in [-0.2, 0) is 0 Å². The SMILES string of the molecule is CN(C)C.Cl[SiH2]Cl. The van der Waals surface area contributed by atoms with Gasteiger partial charge in [0, 0.05) is 0 Å². The summed E-state index contributed by atoms with van der Waals surface area (Å²) < 4.78 is 0. The summed E-state index contributed by atoms with van der Waals surface area (Å²) in [6.07, 6.45) is 0. The molecular weight excluding hydrogens is 149 g/mol. The fourth-order valence-corrected chi connectivity index (χ4v) is 0. The Hall–Kier alpha value is 0.757. The quantitative estimate of drug-likeness (QED) is 0.371. The molecule has 0 aromatic rings. The van der Waals surface area contributed by atoms with Crippen LogP contribution in [-0.4, -0.2) is 34.2 Å². The Morgan fingerprint density at radius 2 is 1.14 bits per heavy atom. The lowest BCUT2D eigenvalue weighted by atomic mass is 11.0. The largest absolute Gasteiger partial charge is 0.312 e. The summed E-state index contributed by atoms with van der Waals surface area (Å²) in [5, 5.41) is 0. The molecule has 0 aromatic carbocycles. The van der Waals surface area contributed by atoms with Crippen LogP contribution in [0.4, 0.5) is 0 Å². The molecule has 0 saturated carbocycles. The topological polar surface area (TPSA) is 3.24 Å². The van der Waals surface area contributed by atoms with E-state index in [1.165, 1.54) is 0 Å². The van der Waals surface area contributed by atoms with Gasteiger partial charge in [0.1, 0.15) is 0 Å². The standard InChI is InChI=1S/C3H9N.Cl2H2Si/c1-4(2)3;1-3-2/h1-3H3;3H2. The highest BCUT2D eigenvalue weighted by atomic mass is 35.7. The summed E-state index contributed by atoms with van der Waals surface area (Å²) in [6, 6.07) is 0. The second-order valence-corrected chi connectivity index (χ2v) is 4.07. The number of halogens is 2. The zero-order chi connectivity index (χ0) is 6.28. The lowest BCUT2D eigenvalue weighted by Crippen LogP contribution is -1.99. The van der Waals surface area contributed by atoms with Crippen LogP contribution in [0.15, 0.2) is 0 Å². The van der Waals surface area contributed by atoms with Crippen LogP contribution in [0.5, 0.6) is 0 Å². The fraction of sp³-hybridized carbons (Fsp3) is 1.00. The molecule has 0 amide bonds. The molecule has 0 radical (unpaired) electrons. The molecule has 0 N–H and O–H groups in total. The average Bonchev–Trinajstić information content (AvgIpc) is 1.33. The van der Waals surface area contributed by atoms with Crippen molar-refractivity contribution in [2.24, 2.45) is 0 Å². The fourth-order valence-electron chi connectivity index (χ4n) is 0. The highest BCUT2D eigenvalue weighted by Gasteiger charge is 1.58. The van der Waals surface area contributed by atoms with Gasteiger partial charge in [-0.3, -0.25) is 0 Å². The van der Waals surface area contributed by atoms with E-state index in [1.807, 2.05) is 26.0 Å². The molecule has 0 rings (SSSR count). The van der Waals surface area contributed by atoms with Crippen LogP contribution >= 0.6 is 22.2 Å². The molecule has 0 saturated heterocycles. The van der Waals surface area contributed by atoms with Crippen LogP contribution < -0.4 is 0 Å². The van der Waals surface area contributed by atoms with E-state index in [0.29, 0.717) is 0 Å². The van der Waals surface area contributed by atoms with Crippen molar-refractivity contribution in [3.8, 4) is 0 Å². The van der Waals surface area contributed by atoms with E-state index in [9.17, 15) is 0 Å². The van der Waals surface area contributed by atoms with E-state index in [0.717, 1.165) is 0 Å². The van der Waals surface area contributed by atoms with E-state index in [4.69, 9.17) is 22.2 Å². The maximum Gasteiger partial charge on any atom is 0.222 e. The summed E-state index contributed by atoms with van der Waals surface area (Å²) in [6.45, 7) is 0. The summed E-state index contributed by atoms with van der Waals surface area (Å²) in [7, 11) is 5.36. The molecule has 0 spiro atoms. The molecular formula is C3H11Cl2NSi. The Labute approximate surface area is 56.8 Å². The normalized spacial score (nSPS) is 7.71. The minimum absolute atomic E-state index is 0.639. The Bertz CT molecular complexity index is 24.1. The van der Waals surface area contributed by atoms with Gasteiger partial charge in [-0.05, 0) is 21.1 Å². The maximum atomic E-state index is 4.90. The van der Waals surface area contributed by atoms with E-state index < -0.39 is 8.14 Å². The number of hydrogen-bond acceptors (Lipinski definition) is 1. The van der Waals surface area contributed by atoms with Gasteiger partial charge in [-0.1, -0.05) is 0 Å². The molecule has 0 unspecified atom stereocenters. The highest BCUT2D eigenvalue weighted by Crippen LogP contribution is 1.67. The molecule has 0 aliphatic heterocycles. The maximum absolute atomic E-state index is 4.90. The second kappa shape index (κ2) is 9.90. The van der Waals surface area contributed by atoms with Crippen molar-refractivity contribution in [1.82, 2.24) is 4.90 Å². The van der Waals surface area contributed by atoms with Crippen molar-refractivity contribution in [2.75, 3.05) is 21.1 Å². The molecule has 7 heavy (non-hydrogen) atoms. The third-order valence-electron chi connectivity index (χ3n) is 0. The minimum atomic E-state index is -0.639. The predicted molar refractivity (Wildman–Crippen MR) is 39.9 cm³/mol. The highest BCUT2D eigenvalue weighted by molar-refractivity contribution is 7.22. The van der Waals surface area contributed by atoms with Crippen LogP contribution in [0.1, 0.15) is 0 Å². The molecule has 0 heterocycles. The molecule has 1 nitrogen and oxygen atoms in total. The molecule has 0 bridgehead atoms.